The lowest BCUT2D eigenvalue weighted by Gasteiger charge is -2.37. The van der Waals surface area contributed by atoms with Crippen molar-refractivity contribution < 1.29 is 9.59 Å². The molecule has 1 fully saturated rings. The van der Waals surface area contributed by atoms with Crippen LogP contribution >= 0.6 is 23.4 Å². The van der Waals surface area contributed by atoms with Gasteiger partial charge in [-0.1, -0.05) is 11.6 Å². The number of hydrogen-bond acceptors (Lipinski definition) is 3. The molecule has 2 amide bonds. The van der Waals surface area contributed by atoms with Crippen LogP contribution in [0, 0.1) is 5.92 Å². The Kier molecular flexibility index (Phi) is 5.17. The van der Waals surface area contributed by atoms with Crippen LogP contribution in [0.15, 0.2) is 23.1 Å². The van der Waals surface area contributed by atoms with Gasteiger partial charge in [-0.3, -0.25) is 9.59 Å². The number of hydrogen-bond donors (Lipinski definition) is 1. The van der Waals surface area contributed by atoms with Crippen LogP contribution in [0.25, 0.3) is 0 Å². The van der Waals surface area contributed by atoms with Gasteiger partial charge in [-0.2, -0.15) is 0 Å². The van der Waals surface area contributed by atoms with Gasteiger partial charge in [0, 0.05) is 17.5 Å². The molecule has 1 aliphatic heterocycles. The van der Waals surface area contributed by atoms with Crippen molar-refractivity contribution >= 4 is 35.2 Å². The lowest BCUT2D eigenvalue weighted by molar-refractivity contribution is -0.123. The Bertz CT molecular complexity index is 565. The van der Waals surface area contributed by atoms with Crippen LogP contribution in [0.5, 0.6) is 0 Å². The number of thioether (sulfide) groups is 1. The Labute approximate surface area is 134 Å². The number of carbonyl (C=O) groups is 2. The second kappa shape index (κ2) is 6.71. The van der Waals surface area contributed by atoms with Crippen molar-refractivity contribution in [2.75, 3.05) is 12.8 Å². The lowest BCUT2D eigenvalue weighted by atomic mass is 9.92. The molecular weight excluding hydrogens is 308 g/mol. The normalized spacial score (nSPS) is 22.1. The van der Waals surface area contributed by atoms with Crippen molar-refractivity contribution in [2.45, 2.75) is 30.7 Å². The Hall–Kier alpha value is -1.20. The summed E-state index contributed by atoms with van der Waals surface area (Å²) < 4.78 is 0. The average Bonchev–Trinajstić information content (AvgIpc) is 2.47. The van der Waals surface area contributed by atoms with Crippen LogP contribution in [0.4, 0.5) is 0 Å². The first-order chi connectivity index (χ1) is 9.93. The van der Waals surface area contributed by atoms with E-state index in [0.717, 1.165) is 17.7 Å². The van der Waals surface area contributed by atoms with Crippen LogP contribution in [0.3, 0.4) is 0 Å². The Morgan fingerprint density at radius 2 is 2.10 bits per heavy atom. The molecule has 4 nitrogen and oxygen atoms in total. The molecular formula is C15H19ClN2O2S. The predicted octanol–water partition coefficient (Wildman–Crippen LogP) is 2.79. The first-order valence-corrected chi connectivity index (χ1v) is 8.48. The fraction of sp³-hybridized carbons (Fsp3) is 0.467. The fourth-order valence-electron chi connectivity index (χ4n) is 2.57. The highest BCUT2D eigenvalue weighted by Crippen LogP contribution is 2.28. The number of nitrogens with two attached hydrogens (primary N) is 1. The smallest absolute Gasteiger partial charge is 0.255 e. The maximum atomic E-state index is 12.7. The molecule has 0 spiro atoms. The minimum atomic E-state index is -0.344. The van der Waals surface area contributed by atoms with Gasteiger partial charge in [-0.05, 0) is 44.2 Å². The zero-order valence-electron chi connectivity index (χ0n) is 12.1. The van der Waals surface area contributed by atoms with Gasteiger partial charge in [0.15, 0.2) is 0 Å². The molecule has 0 aromatic heterocycles. The number of halogens is 1. The molecule has 2 N–H and O–H groups in total. The highest BCUT2D eigenvalue weighted by molar-refractivity contribution is 7.98. The third-order valence-corrected chi connectivity index (χ3v) is 5.00. The van der Waals surface area contributed by atoms with E-state index in [0.29, 0.717) is 17.1 Å². The van der Waals surface area contributed by atoms with E-state index >= 15 is 0 Å². The van der Waals surface area contributed by atoms with Crippen LogP contribution in [0.2, 0.25) is 5.02 Å². The molecule has 1 aromatic carbocycles. The van der Waals surface area contributed by atoms with Gasteiger partial charge in [-0.25, -0.2) is 0 Å². The summed E-state index contributed by atoms with van der Waals surface area (Å²) in [4.78, 5) is 26.8. The molecule has 21 heavy (non-hydrogen) atoms. The maximum absolute atomic E-state index is 12.7. The summed E-state index contributed by atoms with van der Waals surface area (Å²) in [6.45, 7) is 2.36. The van der Waals surface area contributed by atoms with Crippen molar-refractivity contribution in [3.05, 3.63) is 28.8 Å². The van der Waals surface area contributed by atoms with Crippen LogP contribution in [-0.4, -0.2) is 35.6 Å². The van der Waals surface area contributed by atoms with Gasteiger partial charge in [0.2, 0.25) is 5.91 Å². The first-order valence-electron chi connectivity index (χ1n) is 6.88. The number of piperidine rings is 1. The van der Waals surface area contributed by atoms with E-state index in [-0.39, 0.29) is 23.8 Å². The number of benzene rings is 1. The van der Waals surface area contributed by atoms with E-state index < -0.39 is 0 Å². The summed E-state index contributed by atoms with van der Waals surface area (Å²) in [6, 6.07) is 5.51. The van der Waals surface area contributed by atoms with E-state index in [2.05, 4.69) is 0 Å². The summed E-state index contributed by atoms with van der Waals surface area (Å²) in [7, 11) is 0. The summed E-state index contributed by atoms with van der Waals surface area (Å²) in [5, 5.41) is 0.436. The number of primary amides is 1. The van der Waals surface area contributed by atoms with Crippen molar-refractivity contribution in [3.63, 3.8) is 0 Å². The Morgan fingerprint density at radius 3 is 2.71 bits per heavy atom. The molecule has 0 bridgehead atoms. The van der Waals surface area contributed by atoms with Crippen LogP contribution < -0.4 is 5.73 Å². The van der Waals surface area contributed by atoms with Crippen LogP contribution in [0.1, 0.15) is 30.1 Å². The van der Waals surface area contributed by atoms with Crippen molar-refractivity contribution in [1.82, 2.24) is 4.90 Å². The minimum absolute atomic E-state index is 0.0853. The number of carbonyl (C=O) groups excluding carboxylic acids is 2. The summed E-state index contributed by atoms with van der Waals surface area (Å²) >= 11 is 7.72. The summed E-state index contributed by atoms with van der Waals surface area (Å²) in [5.74, 6) is -0.745. The average molecular weight is 327 g/mol. The molecule has 0 radical (unpaired) electrons. The molecule has 1 heterocycles. The molecule has 1 aromatic rings. The molecule has 0 aliphatic carbocycles. The highest BCUT2D eigenvalue weighted by atomic mass is 35.5. The molecule has 2 rings (SSSR count). The molecule has 114 valence electrons. The zero-order chi connectivity index (χ0) is 15.6. The number of rotatable bonds is 3. The third kappa shape index (κ3) is 3.52. The minimum Gasteiger partial charge on any atom is -0.369 e. The largest absolute Gasteiger partial charge is 0.369 e. The zero-order valence-corrected chi connectivity index (χ0v) is 13.7. The van der Waals surface area contributed by atoms with E-state index in [9.17, 15) is 9.59 Å². The van der Waals surface area contributed by atoms with Gasteiger partial charge in [0.25, 0.3) is 5.91 Å². The quantitative estimate of drug-likeness (QED) is 0.869. The van der Waals surface area contributed by atoms with Crippen molar-refractivity contribution in [1.29, 1.82) is 0 Å². The SMILES string of the molecule is CSc1ccc(Cl)c(C(=O)N2CC(C(N)=O)CCC2C)c1. The molecule has 0 saturated carbocycles. The highest BCUT2D eigenvalue weighted by Gasteiger charge is 2.32. The lowest BCUT2D eigenvalue weighted by Crippen LogP contribution is -2.48. The van der Waals surface area contributed by atoms with Gasteiger partial charge in [0.05, 0.1) is 16.5 Å². The second-order valence-corrected chi connectivity index (χ2v) is 6.62. The van der Waals surface area contributed by atoms with E-state index in [1.54, 1.807) is 28.8 Å². The topological polar surface area (TPSA) is 63.4 Å². The summed E-state index contributed by atoms with van der Waals surface area (Å²) in [5.41, 5.74) is 5.87. The first kappa shape index (κ1) is 16.2. The molecule has 1 saturated heterocycles. The molecule has 2 unspecified atom stereocenters. The van der Waals surface area contributed by atoms with Crippen LogP contribution in [-0.2, 0) is 4.79 Å². The summed E-state index contributed by atoms with van der Waals surface area (Å²) in [6.07, 6.45) is 3.46. The van der Waals surface area contributed by atoms with Gasteiger partial charge in [-0.15, -0.1) is 11.8 Å². The monoisotopic (exact) mass is 326 g/mol. The molecule has 6 heteroatoms. The Morgan fingerprint density at radius 1 is 1.38 bits per heavy atom. The van der Waals surface area contributed by atoms with Crippen molar-refractivity contribution in [3.8, 4) is 0 Å². The number of likely N-dealkylation sites (tertiary alicyclic amines) is 1. The second-order valence-electron chi connectivity index (χ2n) is 5.33. The standard InChI is InChI=1S/C15H19ClN2O2S/c1-9-3-4-10(14(17)19)8-18(9)15(20)12-7-11(21-2)5-6-13(12)16/h5-7,9-10H,3-4,8H2,1-2H3,(H2,17,19). The van der Waals surface area contributed by atoms with E-state index in [1.165, 1.54) is 0 Å². The van der Waals surface area contributed by atoms with Crippen molar-refractivity contribution in [2.24, 2.45) is 11.7 Å². The predicted molar refractivity (Wildman–Crippen MR) is 85.6 cm³/mol. The van der Waals surface area contributed by atoms with Gasteiger partial charge >= 0.3 is 0 Å². The van der Waals surface area contributed by atoms with E-state index in [4.69, 9.17) is 17.3 Å². The van der Waals surface area contributed by atoms with Gasteiger partial charge < -0.3 is 10.6 Å². The molecule has 1 aliphatic rings. The van der Waals surface area contributed by atoms with Gasteiger partial charge in [0.1, 0.15) is 0 Å². The fourth-order valence-corrected chi connectivity index (χ4v) is 3.21. The number of nitrogens with zero attached hydrogens (tertiary/aromatic N) is 1. The maximum Gasteiger partial charge on any atom is 0.255 e. The third-order valence-electron chi connectivity index (χ3n) is 3.95. The Balaban J connectivity index is 2.27. The van der Waals surface area contributed by atoms with E-state index in [1.807, 2.05) is 19.2 Å². The molecule has 2 atom stereocenters. The number of amides is 2.